The zero-order valence-electron chi connectivity index (χ0n) is 9.21. The van der Waals surface area contributed by atoms with Crippen molar-refractivity contribution in [1.29, 1.82) is 0 Å². The number of rotatable bonds is 6. The number of benzene rings is 1. The van der Waals surface area contributed by atoms with Crippen LogP contribution in [0.3, 0.4) is 0 Å². The number of carbonyl (C=O) groups is 1. The summed E-state index contributed by atoms with van der Waals surface area (Å²) in [5.74, 6) is -1.99. The van der Waals surface area contributed by atoms with Crippen molar-refractivity contribution in [2.45, 2.75) is 17.4 Å². The number of aliphatic hydroxyl groups excluding tert-OH is 1. The summed E-state index contributed by atoms with van der Waals surface area (Å²) in [6, 6.07) is 2.53. The molecule has 3 N–H and O–H groups in total. The van der Waals surface area contributed by atoms with Gasteiger partial charge in [-0.05, 0) is 30.7 Å². The molecule has 0 saturated heterocycles. The molecule has 0 aromatic heterocycles. The van der Waals surface area contributed by atoms with Crippen LogP contribution in [0.15, 0.2) is 29.2 Å². The Morgan fingerprint density at radius 1 is 1.33 bits per heavy atom. The number of carboxylic acids is 1. The van der Waals surface area contributed by atoms with Gasteiger partial charge in [0.25, 0.3) is 0 Å². The largest absolute Gasteiger partial charge is 0.480 e. The lowest BCUT2D eigenvalue weighted by molar-refractivity contribution is -0.139. The van der Waals surface area contributed by atoms with Gasteiger partial charge in [0.2, 0.25) is 10.0 Å². The summed E-state index contributed by atoms with van der Waals surface area (Å²) in [5, 5.41) is 17.4. The summed E-state index contributed by atoms with van der Waals surface area (Å²) in [6.07, 6.45) is -0.254. The van der Waals surface area contributed by atoms with Crippen molar-refractivity contribution in [1.82, 2.24) is 4.72 Å². The molecule has 0 bridgehead atoms. The Hall–Kier alpha value is -1.51. The predicted octanol–water partition coefficient (Wildman–Crippen LogP) is -0.0604. The summed E-state index contributed by atoms with van der Waals surface area (Å²) in [7, 11) is -4.05. The molecule has 0 fully saturated rings. The van der Waals surface area contributed by atoms with Crippen LogP contribution in [0.1, 0.15) is 6.42 Å². The third-order valence-corrected chi connectivity index (χ3v) is 3.62. The Kier molecular flexibility index (Phi) is 4.76. The monoisotopic (exact) mass is 277 g/mol. The lowest BCUT2D eigenvalue weighted by atomic mass is 10.2. The molecular weight excluding hydrogens is 265 g/mol. The Balaban J connectivity index is 2.93. The summed E-state index contributed by atoms with van der Waals surface area (Å²) in [4.78, 5) is 10.5. The van der Waals surface area contributed by atoms with Gasteiger partial charge in [-0.3, -0.25) is 4.79 Å². The maximum Gasteiger partial charge on any atom is 0.321 e. The fourth-order valence-corrected chi connectivity index (χ4v) is 2.45. The molecule has 0 radical (unpaired) electrons. The number of carboxylic acid groups (broad SMARTS) is 1. The first-order chi connectivity index (χ1) is 8.36. The van der Waals surface area contributed by atoms with E-state index in [2.05, 4.69) is 0 Å². The molecule has 8 heteroatoms. The van der Waals surface area contributed by atoms with Gasteiger partial charge >= 0.3 is 5.97 Å². The first-order valence-electron chi connectivity index (χ1n) is 4.98. The van der Waals surface area contributed by atoms with Gasteiger partial charge in [0.15, 0.2) is 0 Å². The number of sulfonamides is 1. The summed E-state index contributed by atoms with van der Waals surface area (Å²) in [5.41, 5.74) is 0. The molecule has 0 saturated carbocycles. The summed E-state index contributed by atoms with van der Waals surface area (Å²) >= 11 is 0. The molecule has 1 aromatic carbocycles. The maximum absolute atomic E-state index is 12.6. The van der Waals surface area contributed by atoms with Crippen LogP contribution in [0.2, 0.25) is 0 Å². The number of nitrogens with one attached hydrogen (secondary N) is 1. The second-order valence-electron chi connectivity index (χ2n) is 3.48. The zero-order chi connectivity index (χ0) is 13.8. The average molecular weight is 277 g/mol. The minimum Gasteiger partial charge on any atom is -0.480 e. The van der Waals surface area contributed by atoms with Crippen LogP contribution >= 0.6 is 0 Å². The highest BCUT2D eigenvalue weighted by Crippen LogP contribution is 2.10. The molecule has 1 unspecified atom stereocenters. The SMILES string of the molecule is O=C(O)C(CCO)NS(=O)(=O)c1ccc(F)cc1. The highest BCUT2D eigenvalue weighted by Gasteiger charge is 2.24. The van der Waals surface area contributed by atoms with E-state index in [1.807, 2.05) is 4.72 Å². The van der Waals surface area contributed by atoms with E-state index in [0.717, 1.165) is 24.3 Å². The van der Waals surface area contributed by atoms with Crippen LogP contribution in [-0.4, -0.2) is 37.2 Å². The summed E-state index contributed by atoms with van der Waals surface area (Å²) < 4.78 is 38.1. The second-order valence-corrected chi connectivity index (χ2v) is 5.19. The van der Waals surface area contributed by atoms with Gasteiger partial charge in [-0.15, -0.1) is 0 Å². The fourth-order valence-electron chi connectivity index (χ4n) is 1.23. The van der Waals surface area contributed by atoms with Crippen molar-refractivity contribution in [3.8, 4) is 0 Å². The predicted molar refractivity (Wildman–Crippen MR) is 59.8 cm³/mol. The molecule has 1 atom stereocenters. The zero-order valence-corrected chi connectivity index (χ0v) is 10.0. The Morgan fingerprint density at radius 3 is 2.33 bits per heavy atom. The van der Waals surface area contributed by atoms with Crippen molar-refractivity contribution >= 4 is 16.0 Å². The normalized spacial score (nSPS) is 13.2. The standard InChI is InChI=1S/C10H12FNO5S/c11-7-1-3-8(4-2-7)18(16,17)12-9(5-6-13)10(14)15/h1-4,9,12-13H,5-6H2,(H,14,15). The number of aliphatic carboxylic acids is 1. The van der Waals surface area contributed by atoms with E-state index in [-0.39, 0.29) is 11.3 Å². The number of hydrogen-bond acceptors (Lipinski definition) is 4. The minimum atomic E-state index is -4.05. The Morgan fingerprint density at radius 2 is 1.89 bits per heavy atom. The minimum absolute atomic E-state index is 0.243. The van der Waals surface area contributed by atoms with Gasteiger partial charge in [-0.2, -0.15) is 4.72 Å². The molecule has 0 aliphatic rings. The van der Waals surface area contributed by atoms with Crippen LogP contribution in [0.4, 0.5) is 4.39 Å². The maximum atomic E-state index is 12.6. The Bertz CT molecular complexity index is 514. The van der Waals surface area contributed by atoms with E-state index < -0.39 is 34.5 Å². The molecule has 0 aliphatic heterocycles. The van der Waals surface area contributed by atoms with Crippen molar-refractivity contribution in [3.63, 3.8) is 0 Å². The molecule has 0 aliphatic carbocycles. The van der Waals surface area contributed by atoms with Crippen LogP contribution in [-0.2, 0) is 14.8 Å². The van der Waals surface area contributed by atoms with Gasteiger partial charge in [0, 0.05) is 6.61 Å². The van der Waals surface area contributed by atoms with Crippen molar-refractivity contribution in [3.05, 3.63) is 30.1 Å². The van der Waals surface area contributed by atoms with E-state index in [1.165, 1.54) is 0 Å². The van der Waals surface area contributed by atoms with Crippen LogP contribution in [0.5, 0.6) is 0 Å². The van der Waals surface area contributed by atoms with Gasteiger partial charge in [-0.25, -0.2) is 12.8 Å². The second kappa shape index (κ2) is 5.89. The molecular formula is C10H12FNO5S. The van der Waals surface area contributed by atoms with E-state index >= 15 is 0 Å². The molecule has 0 spiro atoms. The number of aliphatic hydroxyl groups is 1. The van der Waals surface area contributed by atoms with Gasteiger partial charge in [0.1, 0.15) is 11.9 Å². The highest BCUT2D eigenvalue weighted by atomic mass is 32.2. The van der Waals surface area contributed by atoms with Gasteiger partial charge in [-0.1, -0.05) is 0 Å². The van der Waals surface area contributed by atoms with Gasteiger partial charge < -0.3 is 10.2 Å². The molecule has 0 amide bonds. The lowest BCUT2D eigenvalue weighted by Gasteiger charge is -2.13. The topological polar surface area (TPSA) is 104 Å². The Labute approximate surface area is 103 Å². The smallest absolute Gasteiger partial charge is 0.321 e. The molecule has 1 aromatic rings. The molecule has 0 heterocycles. The van der Waals surface area contributed by atoms with Crippen LogP contribution < -0.4 is 4.72 Å². The first-order valence-corrected chi connectivity index (χ1v) is 6.46. The van der Waals surface area contributed by atoms with Crippen molar-refractivity contribution < 1.29 is 27.8 Å². The van der Waals surface area contributed by atoms with E-state index in [9.17, 15) is 17.6 Å². The summed E-state index contributed by atoms with van der Waals surface area (Å²) in [6.45, 7) is -0.469. The lowest BCUT2D eigenvalue weighted by Crippen LogP contribution is -2.41. The van der Waals surface area contributed by atoms with Crippen LogP contribution in [0.25, 0.3) is 0 Å². The van der Waals surface area contributed by atoms with E-state index in [1.54, 1.807) is 0 Å². The molecule has 6 nitrogen and oxygen atoms in total. The fraction of sp³-hybridized carbons (Fsp3) is 0.300. The number of hydrogen-bond donors (Lipinski definition) is 3. The van der Waals surface area contributed by atoms with Gasteiger partial charge in [0.05, 0.1) is 4.90 Å². The third kappa shape index (κ3) is 3.76. The molecule has 100 valence electrons. The number of halogens is 1. The van der Waals surface area contributed by atoms with E-state index in [4.69, 9.17) is 10.2 Å². The highest BCUT2D eigenvalue weighted by molar-refractivity contribution is 7.89. The van der Waals surface area contributed by atoms with Crippen molar-refractivity contribution in [2.24, 2.45) is 0 Å². The molecule has 18 heavy (non-hydrogen) atoms. The average Bonchev–Trinajstić information content (AvgIpc) is 2.28. The first kappa shape index (κ1) is 14.6. The third-order valence-electron chi connectivity index (χ3n) is 2.14. The quantitative estimate of drug-likeness (QED) is 0.676. The molecule has 1 rings (SSSR count). The van der Waals surface area contributed by atoms with E-state index in [0.29, 0.717) is 0 Å². The van der Waals surface area contributed by atoms with Crippen LogP contribution in [0, 0.1) is 5.82 Å². The van der Waals surface area contributed by atoms with Crippen molar-refractivity contribution in [2.75, 3.05) is 6.61 Å².